The van der Waals surface area contributed by atoms with Crippen molar-refractivity contribution in [3.63, 3.8) is 0 Å². The average molecular weight is 394 g/mol. The van der Waals surface area contributed by atoms with Crippen LogP contribution in [0.4, 0.5) is 5.69 Å². The molecule has 0 spiro atoms. The van der Waals surface area contributed by atoms with Crippen molar-refractivity contribution in [2.24, 2.45) is 0 Å². The van der Waals surface area contributed by atoms with E-state index in [1.54, 1.807) is 0 Å². The number of thiocarbonyl (C=S) groups is 1. The van der Waals surface area contributed by atoms with Crippen LogP contribution in [0.25, 0.3) is 5.57 Å². The van der Waals surface area contributed by atoms with Gasteiger partial charge in [-0.1, -0.05) is 36.4 Å². The summed E-state index contributed by atoms with van der Waals surface area (Å²) in [6.45, 7) is 5.87. The standard InChI is InChI=1S/C23H27N3OS/c1-18-17-25(20-9-3-2-4-10-20)13-14-26(18)23(28)24-16-19-8-7-15-27-22-12-6-5-11-21(19)22/h2-6,9-12,16,18H,7-8,13-15,17H2,1H3,(H,24,28)/b19-16-. The maximum atomic E-state index is 5.86. The van der Waals surface area contributed by atoms with E-state index in [0.29, 0.717) is 6.04 Å². The summed E-state index contributed by atoms with van der Waals surface area (Å²) in [5.74, 6) is 0.962. The first-order valence-electron chi connectivity index (χ1n) is 10.0. The minimum absolute atomic E-state index is 0.358. The number of hydrogen-bond donors (Lipinski definition) is 1. The number of fused-ring (bicyclic) bond motifs is 1. The lowest BCUT2D eigenvalue weighted by Gasteiger charge is -2.42. The summed E-state index contributed by atoms with van der Waals surface area (Å²) >= 11 is 5.73. The molecular formula is C23H27N3OS. The number of anilines is 1. The second-order valence-corrected chi connectivity index (χ2v) is 7.78. The number of para-hydroxylation sites is 2. The summed E-state index contributed by atoms with van der Waals surface area (Å²) in [6, 6.07) is 19.2. The van der Waals surface area contributed by atoms with E-state index >= 15 is 0 Å². The Hall–Kier alpha value is -2.53. The largest absolute Gasteiger partial charge is 0.493 e. The Morgan fingerprint density at radius 3 is 2.71 bits per heavy atom. The summed E-state index contributed by atoms with van der Waals surface area (Å²) in [4.78, 5) is 4.73. The van der Waals surface area contributed by atoms with Gasteiger partial charge in [-0.15, -0.1) is 0 Å². The fraction of sp³-hybridized carbons (Fsp3) is 0.348. The van der Waals surface area contributed by atoms with Crippen LogP contribution >= 0.6 is 12.2 Å². The maximum absolute atomic E-state index is 5.86. The second-order valence-electron chi connectivity index (χ2n) is 7.39. The van der Waals surface area contributed by atoms with Gasteiger partial charge >= 0.3 is 0 Å². The molecule has 2 heterocycles. The molecule has 0 bridgehead atoms. The zero-order chi connectivity index (χ0) is 19.3. The average Bonchev–Trinajstić information content (AvgIpc) is 2.95. The van der Waals surface area contributed by atoms with E-state index in [0.717, 1.165) is 55.5 Å². The molecule has 4 nitrogen and oxygen atoms in total. The lowest BCUT2D eigenvalue weighted by atomic mass is 10.0. The molecule has 0 aromatic heterocycles. The van der Waals surface area contributed by atoms with E-state index in [9.17, 15) is 0 Å². The first-order chi connectivity index (χ1) is 13.7. The van der Waals surface area contributed by atoms with Gasteiger partial charge in [-0.3, -0.25) is 0 Å². The van der Waals surface area contributed by atoms with Gasteiger partial charge in [0.2, 0.25) is 0 Å². The molecule has 1 saturated heterocycles. The molecule has 2 aliphatic heterocycles. The van der Waals surface area contributed by atoms with Crippen LogP contribution < -0.4 is 15.0 Å². The summed E-state index contributed by atoms with van der Waals surface area (Å²) < 4.78 is 5.86. The lowest BCUT2D eigenvalue weighted by Crippen LogP contribution is -2.56. The fourth-order valence-electron chi connectivity index (χ4n) is 3.95. The third-order valence-electron chi connectivity index (χ3n) is 5.46. The van der Waals surface area contributed by atoms with Gasteiger partial charge in [0.1, 0.15) is 5.75 Å². The van der Waals surface area contributed by atoms with Crippen molar-refractivity contribution in [3.05, 3.63) is 66.4 Å². The molecule has 0 radical (unpaired) electrons. The van der Waals surface area contributed by atoms with E-state index in [-0.39, 0.29) is 0 Å². The van der Waals surface area contributed by atoms with Gasteiger partial charge in [-0.25, -0.2) is 0 Å². The van der Waals surface area contributed by atoms with Crippen molar-refractivity contribution in [2.45, 2.75) is 25.8 Å². The normalized spacial score (nSPS) is 20.9. The quantitative estimate of drug-likeness (QED) is 0.769. The van der Waals surface area contributed by atoms with E-state index in [4.69, 9.17) is 17.0 Å². The summed E-state index contributed by atoms with van der Waals surface area (Å²) in [7, 11) is 0. The number of rotatable bonds is 2. The summed E-state index contributed by atoms with van der Waals surface area (Å²) in [6.07, 6.45) is 4.08. The zero-order valence-electron chi connectivity index (χ0n) is 16.3. The topological polar surface area (TPSA) is 27.7 Å². The van der Waals surface area contributed by atoms with Crippen molar-refractivity contribution in [1.82, 2.24) is 10.2 Å². The Labute approximate surface area is 172 Å². The van der Waals surface area contributed by atoms with Crippen LogP contribution in [0, 0.1) is 0 Å². The number of piperazine rings is 1. The first-order valence-corrected chi connectivity index (χ1v) is 10.4. The highest BCUT2D eigenvalue weighted by atomic mass is 32.1. The minimum Gasteiger partial charge on any atom is -0.493 e. The van der Waals surface area contributed by atoms with E-state index in [1.807, 2.05) is 12.1 Å². The van der Waals surface area contributed by atoms with Gasteiger partial charge in [0.25, 0.3) is 0 Å². The highest BCUT2D eigenvalue weighted by Gasteiger charge is 2.25. The molecule has 2 aromatic rings. The Morgan fingerprint density at radius 1 is 1.11 bits per heavy atom. The smallest absolute Gasteiger partial charge is 0.173 e. The third kappa shape index (κ3) is 4.14. The Morgan fingerprint density at radius 2 is 1.89 bits per heavy atom. The minimum atomic E-state index is 0.358. The highest BCUT2D eigenvalue weighted by Crippen LogP contribution is 2.31. The summed E-state index contributed by atoms with van der Waals surface area (Å²) in [5, 5.41) is 4.20. The van der Waals surface area contributed by atoms with Crippen LogP contribution in [0.1, 0.15) is 25.3 Å². The van der Waals surface area contributed by atoms with E-state index < -0.39 is 0 Å². The molecule has 0 amide bonds. The Balaban J connectivity index is 1.41. The molecule has 5 heteroatoms. The van der Waals surface area contributed by atoms with Gasteiger partial charge in [0, 0.05) is 43.1 Å². The Bertz CT molecular complexity index is 852. The predicted molar refractivity (Wildman–Crippen MR) is 120 cm³/mol. The van der Waals surface area contributed by atoms with Crippen LogP contribution in [0.3, 0.4) is 0 Å². The van der Waals surface area contributed by atoms with Crippen LogP contribution in [0.2, 0.25) is 0 Å². The molecule has 4 rings (SSSR count). The van der Waals surface area contributed by atoms with Gasteiger partial charge < -0.3 is 19.9 Å². The van der Waals surface area contributed by atoms with Crippen LogP contribution in [-0.4, -0.2) is 42.3 Å². The third-order valence-corrected chi connectivity index (χ3v) is 5.81. The van der Waals surface area contributed by atoms with Crippen LogP contribution in [0.5, 0.6) is 5.75 Å². The lowest BCUT2D eigenvalue weighted by molar-refractivity contribution is 0.297. The van der Waals surface area contributed by atoms with Crippen molar-refractivity contribution in [3.8, 4) is 5.75 Å². The van der Waals surface area contributed by atoms with Gasteiger partial charge in [-0.05, 0) is 55.8 Å². The molecule has 1 N–H and O–H groups in total. The number of nitrogens with one attached hydrogen (secondary N) is 1. The molecule has 2 aromatic carbocycles. The summed E-state index contributed by atoms with van der Waals surface area (Å²) in [5.41, 5.74) is 3.70. The molecule has 2 aliphatic rings. The van der Waals surface area contributed by atoms with Gasteiger partial charge in [0.15, 0.2) is 5.11 Å². The van der Waals surface area contributed by atoms with Crippen LogP contribution in [-0.2, 0) is 0 Å². The van der Waals surface area contributed by atoms with Crippen molar-refractivity contribution >= 4 is 28.6 Å². The Kier molecular flexibility index (Phi) is 5.81. The monoisotopic (exact) mass is 393 g/mol. The fourth-order valence-corrected chi connectivity index (χ4v) is 4.28. The van der Waals surface area contributed by atoms with Crippen molar-refractivity contribution in [1.29, 1.82) is 0 Å². The SMILES string of the molecule is CC1CN(c2ccccc2)CCN1C(=S)N/C=C1/CCCOc2ccccc21. The molecule has 1 fully saturated rings. The van der Waals surface area contributed by atoms with Crippen molar-refractivity contribution in [2.75, 3.05) is 31.1 Å². The highest BCUT2D eigenvalue weighted by molar-refractivity contribution is 7.80. The van der Waals surface area contributed by atoms with Gasteiger partial charge in [-0.2, -0.15) is 0 Å². The first kappa shape index (κ1) is 18.8. The van der Waals surface area contributed by atoms with Crippen LogP contribution in [0.15, 0.2) is 60.8 Å². The molecule has 1 unspecified atom stereocenters. The number of hydrogen-bond acceptors (Lipinski definition) is 3. The number of nitrogens with zero attached hydrogens (tertiary/aromatic N) is 2. The molecule has 0 saturated carbocycles. The molecule has 146 valence electrons. The number of benzene rings is 2. The molecule has 28 heavy (non-hydrogen) atoms. The zero-order valence-corrected chi connectivity index (χ0v) is 17.1. The molecule has 0 aliphatic carbocycles. The van der Waals surface area contributed by atoms with Crippen molar-refractivity contribution < 1.29 is 4.74 Å². The van der Waals surface area contributed by atoms with Gasteiger partial charge in [0.05, 0.1) is 6.61 Å². The maximum Gasteiger partial charge on any atom is 0.173 e. The predicted octanol–water partition coefficient (Wildman–Crippen LogP) is 4.29. The van der Waals surface area contributed by atoms with E-state index in [2.05, 4.69) is 70.7 Å². The van der Waals surface area contributed by atoms with E-state index in [1.165, 1.54) is 11.3 Å². The number of ether oxygens (including phenoxy) is 1. The number of allylic oxidation sites excluding steroid dienone is 1. The molecule has 1 atom stereocenters. The molecular weight excluding hydrogens is 366 g/mol. The second kappa shape index (κ2) is 8.65.